The monoisotopic (exact) mass is 435 g/mol. The molecule has 1 aliphatic heterocycles. The highest BCUT2D eigenvalue weighted by Crippen LogP contribution is 2.17. The zero-order valence-electron chi connectivity index (χ0n) is 18.2. The first kappa shape index (κ1) is 23.2. The Kier molecular flexibility index (Phi) is 8.14. The molecule has 3 N–H and O–H groups in total. The van der Waals surface area contributed by atoms with Gasteiger partial charge in [0.2, 0.25) is 11.8 Å². The second-order valence-corrected chi connectivity index (χ2v) is 8.20. The van der Waals surface area contributed by atoms with E-state index < -0.39 is 18.0 Å². The maximum absolute atomic E-state index is 13.1. The third-order valence-electron chi connectivity index (χ3n) is 5.65. The van der Waals surface area contributed by atoms with Gasteiger partial charge in [0.05, 0.1) is 6.04 Å². The van der Waals surface area contributed by atoms with Crippen LogP contribution in [-0.4, -0.2) is 42.6 Å². The predicted octanol–water partition coefficient (Wildman–Crippen LogP) is 1.94. The van der Waals surface area contributed by atoms with Crippen molar-refractivity contribution in [3.63, 3.8) is 0 Å². The Labute approximate surface area is 188 Å². The molecular weight excluding hydrogens is 406 g/mol. The number of hydrogen-bond acceptors (Lipinski definition) is 4. The standard InChI is InChI=1S/C25H29N3O4/c1-17-9-11-19(12-10-17)24(31)28-22(14-18-6-3-2-4-7-18)25(32)27-21(16-29)15-20-8-5-13-26-23(20)30/h2-4,6-7,9-12,16,20-22H,5,8,13-15H2,1H3,(H,26,30)(H,27,32)(H,28,31)/t20-,21-,22+/m0/s1. The molecule has 1 heterocycles. The summed E-state index contributed by atoms with van der Waals surface area (Å²) in [6.45, 7) is 2.57. The van der Waals surface area contributed by atoms with Crippen LogP contribution < -0.4 is 16.0 Å². The van der Waals surface area contributed by atoms with Crippen LogP contribution in [0.1, 0.15) is 40.7 Å². The highest BCUT2D eigenvalue weighted by atomic mass is 16.2. The third kappa shape index (κ3) is 6.51. The van der Waals surface area contributed by atoms with Crippen LogP contribution in [0.4, 0.5) is 0 Å². The fourth-order valence-corrected chi connectivity index (χ4v) is 3.80. The molecule has 1 aliphatic rings. The molecule has 7 nitrogen and oxygen atoms in total. The lowest BCUT2D eigenvalue weighted by Crippen LogP contribution is -2.52. The number of rotatable bonds is 9. The summed E-state index contributed by atoms with van der Waals surface area (Å²) < 4.78 is 0. The first-order valence-electron chi connectivity index (χ1n) is 10.9. The molecular formula is C25H29N3O4. The van der Waals surface area contributed by atoms with Crippen molar-refractivity contribution in [1.29, 1.82) is 0 Å². The van der Waals surface area contributed by atoms with Crippen molar-refractivity contribution >= 4 is 24.0 Å². The lowest BCUT2D eigenvalue weighted by molar-refractivity contribution is -0.129. The van der Waals surface area contributed by atoms with Crippen molar-refractivity contribution in [1.82, 2.24) is 16.0 Å². The van der Waals surface area contributed by atoms with Crippen LogP contribution >= 0.6 is 0 Å². The largest absolute Gasteiger partial charge is 0.356 e. The van der Waals surface area contributed by atoms with E-state index in [2.05, 4.69) is 16.0 Å². The zero-order valence-corrected chi connectivity index (χ0v) is 18.2. The average Bonchev–Trinajstić information content (AvgIpc) is 2.80. The minimum absolute atomic E-state index is 0.0918. The summed E-state index contributed by atoms with van der Waals surface area (Å²) in [6.07, 6.45) is 2.70. The highest BCUT2D eigenvalue weighted by Gasteiger charge is 2.29. The number of aryl methyl sites for hydroxylation is 1. The summed E-state index contributed by atoms with van der Waals surface area (Å²) in [5.74, 6) is -1.22. The maximum Gasteiger partial charge on any atom is 0.251 e. The first-order chi connectivity index (χ1) is 15.5. The topological polar surface area (TPSA) is 104 Å². The molecule has 2 aromatic carbocycles. The Morgan fingerprint density at radius 3 is 2.47 bits per heavy atom. The van der Waals surface area contributed by atoms with Gasteiger partial charge in [-0.3, -0.25) is 14.4 Å². The lowest BCUT2D eigenvalue weighted by Gasteiger charge is -2.26. The summed E-state index contributed by atoms with van der Waals surface area (Å²) in [7, 11) is 0. The van der Waals surface area contributed by atoms with Crippen LogP contribution in [0.25, 0.3) is 0 Å². The minimum Gasteiger partial charge on any atom is -0.356 e. The summed E-state index contributed by atoms with van der Waals surface area (Å²) in [6, 6.07) is 14.8. The Morgan fingerprint density at radius 1 is 1.09 bits per heavy atom. The van der Waals surface area contributed by atoms with E-state index in [1.54, 1.807) is 12.1 Å². The molecule has 0 aromatic heterocycles. The van der Waals surface area contributed by atoms with Crippen molar-refractivity contribution in [2.75, 3.05) is 6.54 Å². The maximum atomic E-state index is 13.1. The van der Waals surface area contributed by atoms with Gasteiger partial charge in [-0.05, 0) is 43.9 Å². The second kappa shape index (κ2) is 11.2. The molecule has 2 aromatic rings. The number of piperidine rings is 1. The van der Waals surface area contributed by atoms with Gasteiger partial charge in [-0.2, -0.15) is 0 Å². The van der Waals surface area contributed by atoms with Crippen molar-refractivity contribution in [2.45, 2.75) is 44.7 Å². The predicted molar refractivity (Wildman–Crippen MR) is 121 cm³/mol. The quantitative estimate of drug-likeness (QED) is 0.524. The molecule has 168 valence electrons. The average molecular weight is 436 g/mol. The van der Waals surface area contributed by atoms with Gasteiger partial charge in [0.1, 0.15) is 12.3 Å². The van der Waals surface area contributed by atoms with Crippen LogP contribution in [0.5, 0.6) is 0 Å². The van der Waals surface area contributed by atoms with E-state index in [1.165, 1.54) is 0 Å². The van der Waals surface area contributed by atoms with Crippen molar-refractivity contribution < 1.29 is 19.2 Å². The van der Waals surface area contributed by atoms with E-state index in [4.69, 9.17) is 0 Å². The molecule has 3 amide bonds. The molecule has 0 bridgehead atoms. The molecule has 1 saturated heterocycles. The molecule has 3 rings (SSSR count). The summed E-state index contributed by atoms with van der Waals surface area (Å²) in [5.41, 5.74) is 2.36. The molecule has 0 radical (unpaired) electrons. The van der Waals surface area contributed by atoms with E-state index in [0.717, 1.165) is 17.5 Å². The van der Waals surface area contributed by atoms with Crippen LogP contribution in [0.15, 0.2) is 54.6 Å². The fourth-order valence-electron chi connectivity index (χ4n) is 3.80. The van der Waals surface area contributed by atoms with E-state index in [-0.39, 0.29) is 30.6 Å². The van der Waals surface area contributed by atoms with Crippen LogP contribution in [0.3, 0.4) is 0 Å². The van der Waals surface area contributed by atoms with Gasteiger partial charge in [-0.25, -0.2) is 0 Å². The van der Waals surface area contributed by atoms with Crippen molar-refractivity contribution in [3.05, 3.63) is 71.3 Å². The van der Waals surface area contributed by atoms with Gasteiger partial charge in [0.25, 0.3) is 5.91 Å². The molecule has 0 saturated carbocycles. The van der Waals surface area contributed by atoms with E-state index in [1.807, 2.05) is 49.4 Å². The van der Waals surface area contributed by atoms with E-state index in [0.29, 0.717) is 24.8 Å². The molecule has 32 heavy (non-hydrogen) atoms. The Balaban J connectivity index is 1.71. The van der Waals surface area contributed by atoms with Gasteiger partial charge in [-0.15, -0.1) is 0 Å². The number of amides is 3. The molecule has 1 fully saturated rings. The number of hydrogen-bond donors (Lipinski definition) is 3. The molecule has 7 heteroatoms. The van der Waals surface area contributed by atoms with Gasteiger partial charge in [0, 0.05) is 24.4 Å². The first-order valence-corrected chi connectivity index (χ1v) is 10.9. The fraction of sp³-hybridized carbons (Fsp3) is 0.360. The molecule has 0 spiro atoms. The Morgan fingerprint density at radius 2 is 1.81 bits per heavy atom. The van der Waals surface area contributed by atoms with Gasteiger partial charge < -0.3 is 20.7 Å². The van der Waals surface area contributed by atoms with Gasteiger partial charge in [-0.1, -0.05) is 48.0 Å². The van der Waals surface area contributed by atoms with Crippen LogP contribution in [-0.2, 0) is 20.8 Å². The summed E-state index contributed by atoms with van der Waals surface area (Å²) in [5, 5.41) is 8.31. The Hall–Kier alpha value is -3.48. The van der Waals surface area contributed by atoms with E-state index >= 15 is 0 Å². The number of aldehydes is 1. The molecule has 0 unspecified atom stereocenters. The smallest absolute Gasteiger partial charge is 0.251 e. The lowest BCUT2D eigenvalue weighted by atomic mass is 9.92. The normalized spacial score (nSPS) is 17.5. The van der Waals surface area contributed by atoms with Gasteiger partial charge in [0.15, 0.2) is 0 Å². The minimum atomic E-state index is -0.867. The second-order valence-electron chi connectivity index (χ2n) is 8.20. The molecule has 0 aliphatic carbocycles. The number of carbonyl (C=O) groups excluding carboxylic acids is 4. The Bertz CT molecular complexity index is 943. The van der Waals surface area contributed by atoms with Crippen molar-refractivity contribution in [3.8, 4) is 0 Å². The third-order valence-corrected chi connectivity index (χ3v) is 5.65. The zero-order chi connectivity index (χ0) is 22.9. The van der Waals surface area contributed by atoms with Crippen LogP contribution in [0.2, 0.25) is 0 Å². The number of carbonyl (C=O) groups is 4. The van der Waals surface area contributed by atoms with Crippen LogP contribution in [0, 0.1) is 12.8 Å². The summed E-state index contributed by atoms with van der Waals surface area (Å²) in [4.78, 5) is 49.5. The SMILES string of the molecule is Cc1ccc(C(=O)N[C@H](Cc2ccccc2)C(=O)N[C@H](C=O)C[C@@H]2CCCNC2=O)cc1. The van der Waals surface area contributed by atoms with E-state index in [9.17, 15) is 19.2 Å². The molecule has 3 atom stereocenters. The highest BCUT2D eigenvalue weighted by molar-refractivity contribution is 5.98. The number of benzene rings is 2. The number of nitrogens with one attached hydrogen (secondary N) is 3. The van der Waals surface area contributed by atoms with Crippen molar-refractivity contribution in [2.24, 2.45) is 5.92 Å². The summed E-state index contributed by atoms with van der Waals surface area (Å²) >= 11 is 0. The van der Waals surface area contributed by atoms with Gasteiger partial charge >= 0.3 is 0 Å².